The van der Waals surface area contributed by atoms with Crippen LogP contribution in [-0.4, -0.2) is 35.9 Å². The standard InChI is InChI=1S/C14H19FN2OS/c1-10(9-19-2)8-17-13(18)7-16-14(17)11-5-3-4-6-12(11)15/h3-6,10,14,16H,7-9H2,1-2H3. The van der Waals surface area contributed by atoms with Gasteiger partial charge in [0.25, 0.3) is 0 Å². The summed E-state index contributed by atoms with van der Waals surface area (Å²) in [6.07, 6.45) is 1.72. The molecule has 1 heterocycles. The Morgan fingerprint density at radius 3 is 2.95 bits per heavy atom. The molecule has 0 radical (unpaired) electrons. The first-order chi connectivity index (χ1) is 9.13. The van der Waals surface area contributed by atoms with Crippen molar-refractivity contribution in [3.63, 3.8) is 0 Å². The summed E-state index contributed by atoms with van der Waals surface area (Å²) in [6, 6.07) is 6.63. The van der Waals surface area contributed by atoms with Crippen LogP contribution in [0.5, 0.6) is 0 Å². The lowest BCUT2D eigenvalue weighted by molar-refractivity contribution is -0.128. The molecular weight excluding hydrogens is 263 g/mol. The molecule has 1 aromatic carbocycles. The number of hydrogen-bond donors (Lipinski definition) is 1. The summed E-state index contributed by atoms with van der Waals surface area (Å²) in [5, 5.41) is 3.09. The van der Waals surface area contributed by atoms with E-state index >= 15 is 0 Å². The number of halogens is 1. The molecule has 1 aromatic rings. The smallest absolute Gasteiger partial charge is 0.238 e. The molecule has 0 aromatic heterocycles. The molecule has 0 aliphatic carbocycles. The van der Waals surface area contributed by atoms with Crippen molar-refractivity contribution >= 4 is 17.7 Å². The molecule has 0 saturated carbocycles. The van der Waals surface area contributed by atoms with Crippen molar-refractivity contribution in [3.05, 3.63) is 35.6 Å². The maximum Gasteiger partial charge on any atom is 0.238 e. The van der Waals surface area contributed by atoms with Gasteiger partial charge >= 0.3 is 0 Å². The SMILES string of the molecule is CSCC(C)CN1C(=O)CNC1c1ccccc1F. The molecule has 1 fully saturated rings. The monoisotopic (exact) mass is 282 g/mol. The van der Waals surface area contributed by atoms with Gasteiger partial charge < -0.3 is 4.90 Å². The molecule has 2 atom stereocenters. The van der Waals surface area contributed by atoms with Crippen LogP contribution in [0, 0.1) is 11.7 Å². The summed E-state index contributed by atoms with van der Waals surface area (Å²) >= 11 is 1.76. The lowest BCUT2D eigenvalue weighted by atomic mass is 10.1. The van der Waals surface area contributed by atoms with Crippen LogP contribution in [0.3, 0.4) is 0 Å². The fourth-order valence-electron chi connectivity index (χ4n) is 2.39. The first kappa shape index (κ1) is 14.3. The molecule has 1 amide bonds. The van der Waals surface area contributed by atoms with Gasteiger partial charge in [0.05, 0.1) is 6.54 Å². The van der Waals surface area contributed by atoms with E-state index in [2.05, 4.69) is 18.5 Å². The number of carbonyl (C=O) groups is 1. The zero-order valence-corrected chi connectivity index (χ0v) is 12.0. The number of thioether (sulfide) groups is 1. The molecule has 1 aliphatic rings. The van der Waals surface area contributed by atoms with Gasteiger partial charge in [0.2, 0.25) is 5.91 Å². The Kier molecular flexibility index (Phi) is 4.82. The third-order valence-electron chi connectivity index (χ3n) is 3.24. The number of benzene rings is 1. The van der Waals surface area contributed by atoms with E-state index < -0.39 is 0 Å². The van der Waals surface area contributed by atoms with Crippen LogP contribution in [0.25, 0.3) is 0 Å². The van der Waals surface area contributed by atoms with Crippen molar-refractivity contribution in [2.75, 3.05) is 25.1 Å². The molecule has 5 heteroatoms. The summed E-state index contributed by atoms with van der Waals surface area (Å²) in [6.45, 7) is 3.05. The minimum Gasteiger partial charge on any atom is -0.321 e. The van der Waals surface area contributed by atoms with Crippen LogP contribution in [-0.2, 0) is 4.79 Å². The van der Waals surface area contributed by atoms with E-state index in [-0.39, 0.29) is 24.4 Å². The Labute approximate surface area is 117 Å². The van der Waals surface area contributed by atoms with E-state index in [9.17, 15) is 9.18 Å². The molecule has 0 bridgehead atoms. The molecule has 1 N–H and O–H groups in total. The zero-order chi connectivity index (χ0) is 13.8. The van der Waals surface area contributed by atoms with E-state index in [4.69, 9.17) is 0 Å². The average Bonchev–Trinajstić information content (AvgIpc) is 2.72. The van der Waals surface area contributed by atoms with E-state index in [0.29, 0.717) is 18.0 Å². The highest BCUT2D eigenvalue weighted by Gasteiger charge is 2.33. The summed E-state index contributed by atoms with van der Waals surface area (Å²) < 4.78 is 13.8. The topological polar surface area (TPSA) is 32.3 Å². The van der Waals surface area contributed by atoms with Crippen molar-refractivity contribution < 1.29 is 9.18 Å². The van der Waals surface area contributed by atoms with Gasteiger partial charge in [0, 0.05) is 12.1 Å². The highest BCUT2D eigenvalue weighted by Crippen LogP contribution is 2.25. The molecule has 2 unspecified atom stereocenters. The minimum absolute atomic E-state index is 0.0428. The molecule has 19 heavy (non-hydrogen) atoms. The third kappa shape index (κ3) is 3.28. The fraction of sp³-hybridized carbons (Fsp3) is 0.500. The molecule has 104 valence electrons. The van der Waals surface area contributed by atoms with Crippen LogP contribution >= 0.6 is 11.8 Å². The first-order valence-electron chi connectivity index (χ1n) is 6.39. The van der Waals surface area contributed by atoms with Gasteiger partial charge in [-0.15, -0.1) is 0 Å². The molecule has 3 nitrogen and oxygen atoms in total. The number of carbonyl (C=O) groups excluding carboxylic acids is 1. The van der Waals surface area contributed by atoms with Crippen LogP contribution in [0.4, 0.5) is 4.39 Å². The number of hydrogen-bond acceptors (Lipinski definition) is 3. The largest absolute Gasteiger partial charge is 0.321 e. The van der Waals surface area contributed by atoms with E-state index in [0.717, 1.165) is 5.75 Å². The fourth-order valence-corrected chi connectivity index (χ4v) is 3.07. The number of nitrogens with one attached hydrogen (secondary N) is 1. The second-order valence-electron chi connectivity index (χ2n) is 4.91. The predicted octanol–water partition coefficient (Wildman–Crippen LogP) is 2.26. The minimum atomic E-state index is -0.335. The number of rotatable bonds is 5. The van der Waals surface area contributed by atoms with Crippen molar-refractivity contribution in [2.45, 2.75) is 13.1 Å². The predicted molar refractivity (Wildman–Crippen MR) is 76.4 cm³/mol. The summed E-state index contributed by atoms with van der Waals surface area (Å²) in [4.78, 5) is 13.7. The highest BCUT2D eigenvalue weighted by atomic mass is 32.2. The third-order valence-corrected chi connectivity index (χ3v) is 4.14. The number of amides is 1. The van der Waals surface area contributed by atoms with E-state index in [1.54, 1.807) is 34.9 Å². The first-order valence-corrected chi connectivity index (χ1v) is 7.79. The zero-order valence-electron chi connectivity index (χ0n) is 11.2. The Morgan fingerprint density at radius 1 is 1.53 bits per heavy atom. The van der Waals surface area contributed by atoms with Gasteiger partial charge in [0.15, 0.2) is 0 Å². The summed E-state index contributed by atoms with van der Waals surface area (Å²) in [7, 11) is 0. The Bertz CT molecular complexity index is 455. The molecule has 2 rings (SSSR count). The molecular formula is C14H19FN2OS. The summed E-state index contributed by atoms with van der Waals surface area (Å²) in [5.74, 6) is 1.17. The Balaban J connectivity index is 2.15. The van der Waals surface area contributed by atoms with Gasteiger partial charge in [-0.1, -0.05) is 25.1 Å². The normalized spacial score (nSPS) is 20.9. The van der Waals surface area contributed by atoms with Crippen LogP contribution in [0.1, 0.15) is 18.7 Å². The Hall–Kier alpha value is -1.07. The van der Waals surface area contributed by atoms with Crippen molar-refractivity contribution in [1.82, 2.24) is 10.2 Å². The Morgan fingerprint density at radius 2 is 2.26 bits per heavy atom. The number of nitrogens with zero attached hydrogens (tertiary/aromatic N) is 1. The maximum atomic E-state index is 13.8. The highest BCUT2D eigenvalue weighted by molar-refractivity contribution is 7.98. The summed E-state index contributed by atoms with van der Waals surface area (Å²) in [5.41, 5.74) is 0.546. The van der Waals surface area contributed by atoms with Gasteiger partial charge in [-0.3, -0.25) is 10.1 Å². The second-order valence-corrected chi connectivity index (χ2v) is 5.82. The average molecular weight is 282 g/mol. The van der Waals surface area contributed by atoms with E-state index in [1.165, 1.54) is 6.07 Å². The van der Waals surface area contributed by atoms with E-state index in [1.807, 2.05) is 0 Å². The maximum absolute atomic E-state index is 13.8. The lowest BCUT2D eigenvalue weighted by Gasteiger charge is -2.27. The van der Waals surface area contributed by atoms with Gasteiger partial charge in [-0.05, 0) is 24.0 Å². The van der Waals surface area contributed by atoms with Gasteiger partial charge in [-0.2, -0.15) is 11.8 Å². The van der Waals surface area contributed by atoms with Crippen LogP contribution < -0.4 is 5.32 Å². The second kappa shape index (κ2) is 6.39. The van der Waals surface area contributed by atoms with Gasteiger partial charge in [0.1, 0.15) is 12.0 Å². The van der Waals surface area contributed by atoms with Gasteiger partial charge in [-0.25, -0.2) is 4.39 Å². The van der Waals surface area contributed by atoms with Crippen LogP contribution in [0.15, 0.2) is 24.3 Å². The van der Waals surface area contributed by atoms with Crippen molar-refractivity contribution in [3.8, 4) is 0 Å². The van der Waals surface area contributed by atoms with Crippen molar-refractivity contribution in [2.24, 2.45) is 5.92 Å². The van der Waals surface area contributed by atoms with Crippen molar-refractivity contribution in [1.29, 1.82) is 0 Å². The molecule has 1 saturated heterocycles. The quantitative estimate of drug-likeness (QED) is 0.899. The molecule has 1 aliphatic heterocycles. The lowest BCUT2D eigenvalue weighted by Crippen LogP contribution is -2.35. The molecule has 0 spiro atoms. The van der Waals surface area contributed by atoms with Crippen LogP contribution in [0.2, 0.25) is 0 Å².